The van der Waals surface area contributed by atoms with Gasteiger partial charge < -0.3 is 10.0 Å². The number of pyridine rings is 1. The molecule has 23 heavy (non-hydrogen) atoms. The zero-order chi connectivity index (χ0) is 17.0. The molecule has 0 aliphatic carbocycles. The van der Waals surface area contributed by atoms with E-state index in [9.17, 15) is 9.90 Å². The molecule has 0 bridgehead atoms. The highest BCUT2D eigenvalue weighted by atomic mass is 16.3. The van der Waals surface area contributed by atoms with E-state index in [1.807, 2.05) is 17.9 Å². The molecular formula is C19H30N2O2. The van der Waals surface area contributed by atoms with Gasteiger partial charge in [0.2, 0.25) is 0 Å². The van der Waals surface area contributed by atoms with Gasteiger partial charge in [-0.1, -0.05) is 27.2 Å². The first-order valence-corrected chi connectivity index (χ1v) is 8.80. The quantitative estimate of drug-likeness (QED) is 0.906. The minimum Gasteiger partial charge on any atom is -0.390 e. The molecule has 0 saturated carbocycles. The molecule has 4 nitrogen and oxygen atoms in total. The first kappa shape index (κ1) is 17.9. The fraction of sp³-hybridized carbons (Fsp3) is 0.684. The number of likely N-dealkylation sites (tertiary alicyclic amines) is 1. The molecular weight excluding hydrogens is 288 g/mol. The van der Waals surface area contributed by atoms with Crippen LogP contribution < -0.4 is 0 Å². The normalized spacial score (nSPS) is 25.0. The highest BCUT2D eigenvalue weighted by Crippen LogP contribution is 2.32. The van der Waals surface area contributed by atoms with Crippen LogP contribution in [-0.2, 0) is 6.42 Å². The Morgan fingerprint density at radius 3 is 2.91 bits per heavy atom. The Hall–Kier alpha value is -1.42. The molecule has 0 spiro atoms. The largest absolute Gasteiger partial charge is 0.390 e. The zero-order valence-corrected chi connectivity index (χ0v) is 14.9. The van der Waals surface area contributed by atoms with Gasteiger partial charge in [-0.05, 0) is 44.2 Å². The van der Waals surface area contributed by atoms with Crippen molar-refractivity contribution in [2.45, 2.75) is 59.0 Å². The minimum absolute atomic E-state index is 0.0639. The summed E-state index contributed by atoms with van der Waals surface area (Å²) in [5, 5.41) is 10.6. The Labute approximate surface area is 139 Å². The van der Waals surface area contributed by atoms with Crippen molar-refractivity contribution in [3.05, 3.63) is 29.6 Å². The van der Waals surface area contributed by atoms with Gasteiger partial charge in [-0.2, -0.15) is 0 Å². The number of rotatable bonds is 5. The number of hydrogen-bond acceptors (Lipinski definition) is 3. The number of carbonyl (C=O) groups excluding carboxylic acids is 1. The topological polar surface area (TPSA) is 53.4 Å². The van der Waals surface area contributed by atoms with E-state index >= 15 is 0 Å². The van der Waals surface area contributed by atoms with Crippen LogP contribution in [0.3, 0.4) is 0 Å². The summed E-state index contributed by atoms with van der Waals surface area (Å²) in [6, 6.07) is 3.71. The summed E-state index contributed by atoms with van der Waals surface area (Å²) < 4.78 is 0. The van der Waals surface area contributed by atoms with Crippen LogP contribution in [-0.4, -0.2) is 39.6 Å². The minimum atomic E-state index is -0.674. The number of aromatic nitrogens is 1. The van der Waals surface area contributed by atoms with E-state index in [1.165, 1.54) is 0 Å². The van der Waals surface area contributed by atoms with Gasteiger partial charge in [-0.25, -0.2) is 0 Å². The van der Waals surface area contributed by atoms with Gasteiger partial charge in [0.1, 0.15) is 0 Å². The van der Waals surface area contributed by atoms with Crippen LogP contribution in [0.25, 0.3) is 0 Å². The van der Waals surface area contributed by atoms with Crippen molar-refractivity contribution >= 4 is 5.91 Å². The van der Waals surface area contributed by atoms with Crippen molar-refractivity contribution in [3.8, 4) is 0 Å². The summed E-state index contributed by atoms with van der Waals surface area (Å²) in [5.74, 6) is 0.713. The van der Waals surface area contributed by atoms with Crippen molar-refractivity contribution in [2.24, 2.45) is 11.8 Å². The summed E-state index contributed by atoms with van der Waals surface area (Å²) in [5.41, 5.74) is 1.02. The molecule has 4 heteroatoms. The van der Waals surface area contributed by atoms with E-state index in [0.29, 0.717) is 31.0 Å². The molecule has 1 unspecified atom stereocenters. The maximum absolute atomic E-state index is 12.8. The van der Waals surface area contributed by atoms with Gasteiger partial charge in [-0.3, -0.25) is 9.78 Å². The number of aryl methyl sites for hydroxylation is 1. The highest BCUT2D eigenvalue weighted by Gasteiger charge is 2.39. The third kappa shape index (κ3) is 4.54. The Bertz CT molecular complexity index is 540. The highest BCUT2D eigenvalue weighted by molar-refractivity contribution is 5.94. The lowest BCUT2D eigenvalue weighted by atomic mass is 9.78. The van der Waals surface area contributed by atoms with Crippen LogP contribution in [0.1, 0.15) is 63.0 Å². The number of nitrogens with zero attached hydrogens (tertiary/aromatic N) is 2. The van der Waals surface area contributed by atoms with Crippen LogP contribution in [0, 0.1) is 11.8 Å². The van der Waals surface area contributed by atoms with E-state index < -0.39 is 5.60 Å². The van der Waals surface area contributed by atoms with Crippen LogP contribution in [0.15, 0.2) is 18.3 Å². The number of amides is 1. The second-order valence-electron chi connectivity index (χ2n) is 7.47. The molecule has 1 N–H and O–H groups in total. The Morgan fingerprint density at radius 1 is 1.52 bits per heavy atom. The SMILES string of the molecule is CCCc1cc(C(=O)N2CC[C@@](C)(O)C(CC(C)C)C2)ccn1. The van der Waals surface area contributed by atoms with Gasteiger partial charge in [0, 0.05) is 36.5 Å². The molecule has 1 aliphatic heterocycles. The number of hydrogen-bond donors (Lipinski definition) is 1. The summed E-state index contributed by atoms with van der Waals surface area (Å²) >= 11 is 0. The average Bonchev–Trinajstić information content (AvgIpc) is 2.49. The third-order valence-corrected chi connectivity index (χ3v) is 4.82. The van der Waals surface area contributed by atoms with E-state index in [4.69, 9.17) is 0 Å². The maximum atomic E-state index is 12.8. The van der Waals surface area contributed by atoms with Crippen LogP contribution in [0.5, 0.6) is 0 Å². The molecule has 1 saturated heterocycles. The first-order chi connectivity index (χ1) is 10.8. The number of piperidine rings is 1. The van der Waals surface area contributed by atoms with Crippen molar-refractivity contribution < 1.29 is 9.90 Å². The first-order valence-electron chi connectivity index (χ1n) is 8.80. The van der Waals surface area contributed by atoms with Crippen molar-refractivity contribution in [2.75, 3.05) is 13.1 Å². The van der Waals surface area contributed by atoms with Gasteiger partial charge in [0.25, 0.3) is 5.91 Å². The summed E-state index contributed by atoms with van der Waals surface area (Å²) in [6.45, 7) is 9.60. The Balaban J connectivity index is 2.12. The molecule has 0 radical (unpaired) electrons. The van der Waals surface area contributed by atoms with E-state index in [-0.39, 0.29) is 11.8 Å². The molecule has 1 aromatic rings. The zero-order valence-electron chi connectivity index (χ0n) is 14.9. The number of carbonyl (C=O) groups is 1. The summed E-state index contributed by atoms with van der Waals surface area (Å²) in [4.78, 5) is 19.0. The second kappa shape index (κ2) is 7.43. The fourth-order valence-electron chi connectivity index (χ4n) is 3.39. The predicted molar refractivity (Wildman–Crippen MR) is 92.3 cm³/mol. The molecule has 2 rings (SSSR count). The van der Waals surface area contributed by atoms with Gasteiger partial charge >= 0.3 is 0 Å². The molecule has 2 atom stereocenters. The lowest BCUT2D eigenvalue weighted by Crippen LogP contribution is -2.52. The molecule has 1 aliphatic rings. The standard InChI is InChI=1S/C19H30N2O2/c1-5-6-17-12-15(7-9-20-17)18(22)21-10-8-19(4,23)16(13-21)11-14(2)3/h7,9,12,14,16,23H,5-6,8,10-11,13H2,1-4H3/t16?,19-/m1/s1. The van der Waals surface area contributed by atoms with E-state index in [2.05, 4.69) is 25.8 Å². The van der Waals surface area contributed by atoms with Crippen molar-refractivity contribution in [3.63, 3.8) is 0 Å². The molecule has 1 aromatic heterocycles. The van der Waals surface area contributed by atoms with Crippen LogP contribution >= 0.6 is 0 Å². The van der Waals surface area contributed by atoms with Crippen LogP contribution in [0.4, 0.5) is 0 Å². The lowest BCUT2D eigenvalue weighted by molar-refractivity contribution is -0.0577. The molecule has 1 fully saturated rings. The summed E-state index contributed by atoms with van der Waals surface area (Å²) in [6.07, 6.45) is 5.22. The summed E-state index contributed by atoms with van der Waals surface area (Å²) in [7, 11) is 0. The van der Waals surface area contributed by atoms with E-state index in [0.717, 1.165) is 25.0 Å². The van der Waals surface area contributed by atoms with Crippen molar-refractivity contribution in [1.29, 1.82) is 0 Å². The Morgan fingerprint density at radius 2 is 2.26 bits per heavy atom. The molecule has 1 amide bonds. The lowest BCUT2D eigenvalue weighted by Gasteiger charge is -2.43. The monoisotopic (exact) mass is 318 g/mol. The molecule has 0 aromatic carbocycles. The molecule has 128 valence electrons. The van der Waals surface area contributed by atoms with Gasteiger partial charge in [0.05, 0.1) is 5.60 Å². The third-order valence-electron chi connectivity index (χ3n) is 4.82. The fourth-order valence-corrected chi connectivity index (χ4v) is 3.39. The van der Waals surface area contributed by atoms with Gasteiger partial charge in [0.15, 0.2) is 0 Å². The van der Waals surface area contributed by atoms with Crippen molar-refractivity contribution in [1.82, 2.24) is 9.88 Å². The Kier molecular flexibility index (Phi) is 5.79. The molecule has 2 heterocycles. The smallest absolute Gasteiger partial charge is 0.253 e. The maximum Gasteiger partial charge on any atom is 0.253 e. The van der Waals surface area contributed by atoms with Crippen LogP contribution in [0.2, 0.25) is 0 Å². The van der Waals surface area contributed by atoms with E-state index in [1.54, 1.807) is 12.3 Å². The second-order valence-corrected chi connectivity index (χ2v) is 7.47. The number of aliphatic hydroxyl groups is 1. The van der Waals surface area contributed by atoms with Gasteiger partial charge in [-0.15, -0.1) is 0 Å². The average molecular weight is 318 g/mol. The predicted octanol–water partition coefficient (Wildman–Crippen LogP) is 3.29.